The van der Waals surface area contributed by atoms with Crippen LogP contribution in [0.1, 0.15) is 13.3 Å². The molecular weight excluding hydrogens is 288 g/mol. The number of benzene rings is 2. The predicted octanol–water partition coefficient (Wildman–Crippen LogP) is 4.59. The van der Waals surface area contributed by atoms with Crippen molar-refractivity contribution in [1.82, 2.24) is 0 Å². The van der Waals surface area contributed by atoms with Gasteiger partial charge in [0.15, 0.2) is 0 Å². The Morgan fingerprint density at radius 1 is 0.810 bits per heavy atom. The first kappa shape index (κ1) is 15.5. The van der Waals surface area contributed by atoms with Crippen LogP contribution in [-0.2, 0) is 0 Å². The zero-order valence-electron chi connectivity index (χ0n) is 12.0. The molecule has 112 valence electrons. The lowest BCUT2D eigenvalue weighted by Gasteiger charge is -2.09. The summed E-state index contributed by atoms with van der Waals surface area (Å²) in [4.78, 5) is 0. The fourth-order valence-corrected chi connectivity index (χ4v) is 2.00. The molecule has 0 heterocycles. The normalized spacial score (nSPS) is 10.2. The van der Waals surface area contributed by atoms with Crippen LogP contribution in [0.15, 0.2) is 48.5 Å². The molecule has 2 aromatic rings. The van der Waals surface area contributed by atoms with E-state index in [1.165, 1.54) is 0 Å². The van der Waals surface area contributed by atoms with Gasteiger partial charge >= 0.3 is 0 Å². The van der Waals surface area contributed by atoms with E-state index in [9.17, 15) is 0 Å². The van der Waals surface area contributed by atoms with E-state index in [0.29, 0.717) is 24.8 Å². The van der Waals surface area contributed by atoms with Gasteiger partial charge in [-0.2, -0.15) is 0 Å². The molecular formula is C17H19ClO3. The maximum atomic E-state index is 5.89. The molecule has 0 atom stereocenters. The Morgan fingerprint density at radius 2 is 1.38 bits per heavy atom. The highest BCUT2D eigenvalue weighted by Crippen LogP contribution is 2.20. The second kappa shape index (κ2) is 8.42. The van der Waals surface area contributed by atoms with Gasteiger partial charge in [-0.1, -0.05) is 23.7 Å². The molecule has 0 unspecified atom stereocenters. The minimum atomic E-state index is 0.589. The maximum Gasteiger partial charge on any atom is 0.122 e. The van der Waals surface area contributed by atoms with Crippen molar-refractivity contribution >= 4 is 11.6 Å². The first-order chi connectivity index (χ1) is 10.3. The Balaban J connectivity index is 1.69. The molecule has 4 heteroatoms. The van der Waals surface area contributed by atoms with Crippen LogP contribution in [0.2, 0.25) is 5.02 Å². The largest absolute Gasteiger partial charge is 0.494 e. The Morgan fingerprint density at radius 3 is 2.00 bits per heavy atom. The number of rotatable bonds is 8. The summed E-state index contributed by atoms with van der Waals surface area (Å²) >= 11 is 5.89. The third-order valence-corrected chi connectivity index (χ3v) is 2.97. The lowest BCUT2D eigenvalue weighted by molar-refractivity contribution is 0.246. The van der Waals surface area contributed by atoms with E-state index in [-0.39, 0.29) is 0 Å². The molecule has 0 spiro atoms. The summed E-state index contributed by atoms with van der Waals surface area (Å²) < 4.78 is 16.7. The lowest BCUT2D eigenvalue weighted by Crippen LogP contribution is -2.05. The lowest BCUT2D eigenvalue weighted by atomic mass is 10.3. The zero-order valence-corrected chi connectivity index (χ0v) is 12.8. The fourth-order valence-electron chi connectivity index (χ4n) is 1.82. The Kier molecular flexibility index (Phi) is 6.22. The van der Waals surface area contributed by atoms with Gasteiger partial charge in [0, 0.05) is 17.5 Å². The SMILES string of the molecule is CCOc1cccc(OCCCOc2cccc(Cl)c2)c1. The van der Waals surface area contributed by atoms with E-state index in [0.717, 1.165) is 23.7 Å². The average molecular weight is 307 g/mol. The van der Waals surface area contributed by atoms with Gasteiger partial charge in [-0.15, -0.1) is 0 Å². The molecule has 0 bridgehead atoms. The highest BCUT2D eigenvalue weighted by atomic mass is 35.5. The van der Waals surface area contributed by atoms with Crippen LogP contribution in [-0.4, -0.2) is 19.8 Å². The molecule has 0 fully saturated rings. The van der Waals surface area contributed by atoms with Crippen molar-refractivity contribution in [1.29, 1.82) is 0 Å². The Labute approximate surface area is 130 Å². The predicted molar refractivity (Wildman–Crippen MR) is 84.7 cm³/mol. The van der Waals surface area contributed by atoms with Crippen LogP contribution in [0.25, 0.3) is 0 Å². The molecule has 21 heavy (non-hydrogen) atoms. The smallest absolute Gasteiger partial charge is 0.122 e. The number of hydrogen-bond donors (Lipinski definition) is 0. The first-order valence-electron chi connectivity index (χ1n) is 7.02. The van der Waals surface area contributed by atoms with Gasteiger partial charge in [-0.05, 0) is 37.3 Å². The highest BCUT2D eigenvalue weighted by Gasteiger charge is 1.98. The van der Waals surface area contributed by atoms with Crippen LogP contribution < -0.4 is 14.2 Å². The molecule has 0 N–H and O–H groups in total. The van der Waals surface area contributed by atoms with Gasteiger partial charge < -0.3 is 14.2 Å². The molecule has 2 rings (SSSR count). The summed E-state index contributed by atoms with van der Waals surface area (Å²) in [6, 6.07) is 15.0. The molecule has 0 aromatic heterocycles. The minimum Gasteiger partial charge on any atom is -0.494 e. The van der Waals surface area contributed by atoms with E-state index in [1.807, 2.05) is 49.4 Å². The molecule has 0 aliphatic carbocycles. The quantitative estimate of drug-likeness (QED) is 0.668. The van der Waals surface area contributed by atoms with E-state index in [2.05, 4.69) is 0 Å². The second-order valence-electron chi connectivity index (χ2n) is 4.42. The van der Waals surface area contributed by atoms with Crippen molar-refractivity contribution in [3.8, 4) is 17.2 Å². The summed E-state index contributed by atoms with van der Waals surface area (Å²) in [6.45, 7) is 3.79. The number of hydrogen-bond acceptors (Lipinski definition) is 3. The molecule has 0 radical (unpaired) electrons. The maximum absolute atomic E-state index is 5.89. The molecule has 0 amide bonds. The summed E-state index contributed by atoms with van der Waals surface area (Å²) in [6.07, 6.45) is 0.797. The standard InChI is InChI=1S/C17H19ClO3/c1-2-19-16-8-4-9-17(13-16)21-11-5-10-20-15-7-3-6-14(18)12-15/h3-4,6-9,12-13H,2,5,10-11H2,1H3. The van der Waals surface area contributed by atoms with Crippen LogP contribution in [0.5, 0.6) is 17.2 Å². The van der Waals surface area contributed by atoms with Crippen molar-refractivity contribution in [3.63, 3.8) is 0 Å². The molecule has 0 saturated heterocycles. The van der Waals surface area contributed by atoms with Gasteiger partial charge in [-0.25, -0.2) is 0 Å². The van der Waals surface area contributed by atoms with Crippen molar-refractivity contribution in [2.45, 2.75) is 13.3 Å². The summed E-state index contributed by atoms with van der Waals surface area (Å²) in [5, 5.41) is 0.677. The Bertz CT molecular complexity index is 557. The van der Waals surface area contributed by atoms with Crippen molar-refractivity contribution in [2.75, 3.05) is 19.8 Å². The summed E-state index contributed by atoms with van der Waals surface area (Å²) in [5.74, 6) is 2.41. The third kappa shape index (κ3) is 5.56. The van der Waals surface area contributed by atoms with E-state index >= 15 is 0 Å². The van der Waals surface area contributed by atoms with Gasteiger partial charge in [0.1, 0.15) is 17.2 Å². The monoisotopic (exact) mass is 306 g/mol. The van der Waals surface area contributed by atoms with E-state index in [4.69, 9.17) is 25.8 Å². The molecule has 3 nitrogen and oxygen atoms in total. The highest BCUT2D eigenvalue weighted by molar-refractivity contribution is 6.30. The molecule has 0 aliphatic rings. The van der Waals surface area contributed by atoms with Gasteiger partial charge in [-0.3, -0.25) is 0 Å². The van der Waals surface area contributed by atoms with Crippen molar-refractivity contribution < 1.29 is 14.2 Å². The summed E-state index contributed by atoms with van der Waals surface area (Å²) in [7, 11) is 0. The molecule has 0 aliphatic heterocycles. The number of ether oxygens (including phenoxy) is 3. The van der Waals surface area contributed by atoms with Gasteiger partial charge in [0.25, 0.3) is 0 Å². The summed E-state index contributed by atoms with van der Waals surface area (Å²) in [5.41, 5.74) is 0. The average Bonchev–Trinajstić information content (AvgIpc) is 2.48. The van der Waals surface area contributed by atoms with Crippen LogP contribution >= 0.6 is 11.6 Å². The van der Waals surface area contributed by atoms with Gasteiger partial charge in [0.05, 0.1) is 19.8 Å². The fraction of sp³-hybridized carbons (Fsp3) is 0.294. The molecule has 2 aromatic carbocycles. The van der Waals surface area contributed by atoms with Gasteiger partial charge in [0.2, 0.25) is 0 Å². The van der Waals surface area contributed by atoms with Crippen LogP contribution in [0.4, 0.5) is 0 Å². The number of halogens is 1. The second-order valence-corrected chi connectivity index (χ2v) is 4.85. The first-order valence-corrected chi connectivity index (χ1v) is 7.40. The topological polar surface area (TPSA) is 27.7 Å². The van der Waals surface area contributed by atoms with E-state index < -0.39 is 0 Å². The van der Waals surface area contributed by atoms with E-state index in [1.54, 1.807) is 6.07 Å². The van der Waals surface area contributed by atoms with Crippen molar-refractivity contribution in [2.24, 2.45) is 0 Å². The zero-order chi connectivity index (χ0) is 14.9. The van der Waals surface area contributed by atoms with Crippen LogP contribution in [0.3, 0.4) is 0 Å². The molecule has 0 saturated carbocycles. The van der Waals surface area contributed by atoms with Crippen molar-refractivity contribution in [3.05, 3.63) is 53.6 Å². The van der Waals surface area contributed by atoms with Crippen LogP contribution in [0, 0.1) is 0 Å². The minimum absolute atomic E-state index is 0.589. The third-order valence-electron chi connectivity index (χ3n) is 2.74. The Hall–Kier alpha value is -1.87.